The Kier molecular flexibility index (Phi) is 4.61. The summed E-state index contributed by atoms with van der Waals surface area (Å²) >= 11 is 10.2. The monoisotopic (exact) mass is 392 g/mol. The molecule has 0 saturated heterocycles. The lowest BCUT2D eigenvalue weighted by molar-refractivity contribution is 0.867. The Bertz CT molecular complexity index is 581. The lowest BCUT2D eigenvalue weighted by atomic mass is 10.2. The number of hydrogen-bond donors (Lipinski definition) is 0. The summed E-state index contributed by atoms with van der Waals surface area (Å²) in [5, 5.41) is 0.562. The van der Waals surface area contributed by atoms with Crippen LogP contribution in [0.5, 0.6) is 0 Å². The summed E-state index contributed by atoms with van der Waals surface area (Å²) in [5.74, 6) is 0.755. The minimum atomic E-state index is 0.562. The van der Waals surface area contributed by atoms with E-state index in [4.69, 9.17) is 11.6 Å². The van der Waals surface area contributed by atoms with Crippen molar-refractivity contribution in [3.8, 4) is 11.4 Å². The molecular weight excluding hydrogens is 379 g/mol. The molecule has 0 atom stereocenters. The zero-order valence-electron chi connectivity index (χ0n) is 10.6. The van der Waals surface area contributed by atoms with Crippen molar-refractivity contribution in [2.75, 3.05) is 0 Å². The molecule has 0 aromatic carbocycles. The molecule has 18 heavy (non-hydrogen) atoms. The molecule has 0 unspecified atom stereocenters. The molecule has 2 rings (SSSR count). The Morgan fingerprint density at radius 3 is 2.61 bits per heavy atom. The lowest BCUT2D eigenvalue weighted by Gasteiger charge is -2.07. The van der Waals surface area contributed by atoms with Gasteiger partial charge in [-0.25, -0.2) is 9.97 Å². The van der Waals surface area contributed by atoms with Crippen LogP contribution in [0.2, 0.25) is 5.15 Å². The third-order valence-electron chi connectivity index (χ3n) is 2.65. The van der Waals surface area contributed by atoms with Gasteiger partial charge >= 0.3 is 0 Å². The van der Waals surface area contributed by atoms with E-state index in [0.717, 1.165) is 33.5 Å². The van der Waals surface area contributed by atoms with Gasteiger partial charge in [0.05, 0.1) is 9.26 Å². The molecule has 0 fully saturated rings. The maximum Gasteiger partial charge on any atom is 0.162 e. The van der Waals surface area contributed by atoms with Gasteiger partial charge in [0.15, 0.2) is 5.82 Å². The minimum Gasteiger partial charge on any atom is -0.232 e. The van der Waals surface area contributed by atoms with Crippen molar-refractivity contribution in [3.63, 3.8) is 0 Å². The van der Waals surface area contributed by atoms with E-state index in [1.165, 1.54) is 9.75 Å². The summed E-state index contributed by atoms with van der Waals surface area (Å²) in [7, 11) is 0. The molecule has 0 bridgehead atoms. The molecule has 0 saturated carbocycles. The standard InChI is InChI=1S/C13H14ClIN2S/c1-4-5-10-11(15)12(14)17-13(16-10)9-6-7(2)18-8(9)3/h6H,4-5H2,1-3H3. The number of thiophene rings is 1. The lowest BCUT2D eigenvalue weighted by Crippen LogP contribution is -2.00. The van der Waals surface area contributed by atoms with Crippen molar-refractivity contribution in [1.29, 1.82) is 0 Å². The van der Waals surface area contributed by atoms with E-state index in [0.29, 0.717) is 5.15 Å². The first kappa shape index (κ1) is 14.2. The highest BCUT2D eigenvalue weighted by Gasteiger charge is 2.14. The average molecular weight is 393 g/mol. The second kappa shape index (κ2) is 5.84. The highest BCUT2D eigenvalue weighted by Crippen LogP contribution is 2.31. The zero-order valence-corrected chi connectivity index (χ0v) is 14.3. The first-order chi connectivity index (χ1) is 8.52. The van der Waals surface area contributed by atoms with Crippen molar-refractivity contribution < 1.29 is 0 Å². The zero-order chi connectivity index (χ0) is 13.3. The SMILES string of the molecule is CCCc1nc(-c2cc(C)sc2C)nc(Cl)c1I. The fourth-order valence-corrected chi connectivity index (χ4v) is 3.46. The Morgan fingerprint density at radius 1 is 1.33 bits per heavy atom. The second-order valence-corrected chi connectivity index (χ2v) is 7.07. The fourth-order valence-electron chi connectivity index (χ4n) is 1.84. The summed E-state index contributed by atoms with van der Waals surface area (Å²) in [6, 6.07) is 2.13. The smallest absolute Gasteiger partial charge is 0.162 e. The number of aromatic nitrogens is 2. The Morgan fingerprint density at radius 2 is 2.06 bits per heavy atom. The van der Waals surface area contributed by atoms with Crippen molar-refractivity contribution >= 4 is 45.5 Å². The molecule has 0 aliphatic rings. The third-order valence-corrected chi connectivity index (χ3v) is 5.34. The molecule has 5 heteroatoms. The van der Waals surface area contributed by atoms with Crippen LogP contribution in [-0.4, -0.2) is 9.97 Å². The summed E-state index contributed by atoms with van der Waals surface area (Å²) in [4.78, 5) is 11.6. The van der Waals surface area contributed by atoms with Crippen LogP contribution in [0.15, 0.2) is 6.07 Å². The van der Waals surface area contributed by atoms with Crippen LogP contribution in [0.1, 0.15) is 28.8 Å². The van der Waals surface area contributed by atoms with Crippen LogP contribution in [-0.2, 0) is 6.42 Å². The van der Waals surface area contributed by atoms with E-state index in [-0.39, 0.29) is 0 Å². The minimum absolute atomic E-state index is 0.562. The number of nitrogens with zero attached hydrogens (tertiary/aromatic N) is 2. The molecule has 2 heterocycles. The average Bonchev–Trinajstić information content (AvgIpc) is 2.64. The molecule has 0 spiro atoms. The molecule has 2 nitrogen and oxygen atoms in total. The van der Waals surface area contributed by atoms with Gasteiger partial charge in [-0.3, -0.25) is 0 Å². The predicted octanol–water partition coefficient (Wildman–Crippen LogP) is 5.03. The third kappa shape index (κ3) is 2.86. The number of rotatable bonds is 3. The van der Waals surface area contributed by atoms with Crippen LogP contribution < -0.4 is 0 Å². The van der Waals surface area contributed by atoms with Crippen molar-refractivity contribution in [2.24, 2.45) is 0 Å². The Balaban J connectivity index is 2.55. The fraction of sp³-hybridized carbons (Fsp3) is 0.385. The second-order valence-electron chi connectivity index (χ2n) is 4.18. The normalized spacial score (nSPS) is 10.9. The van der Waals surface area contributed by atoms with Crippen LogP contribution in [0.3, 0.4) is 0 Å². The van der Waals surface area contributed by atoms with E-state index in [1.54, 1.807) is 11.3 Å². The van der Waals surface area contributed by atoms with Crippen molar-refractivity contribution in [2.45, 2.75) is 33.6 Å². The van der Waals surface area contributed by atoms with E-state index < -0.39 is 0 Å². The maximum atomic E-state index is 6.21. The van der Waals surface area contributed by atoms with Gasteiger partial charge in [0, 0.05) is 15.3 Å². The van der Waals surface area contributed by atoms with Crippen molar-refractivity contribution in [1.82, 2.24) is 9.97 Å². The predicted molar refractivity (Wildman–Crippen MR) is 86.5 cm³/mol. The van der Waals surface area contributed by atoms with Crippen LogP contribution in [0, 0.1) is 17.4 Å². The summed E-state index contributed by atoms with van der Waals surface area (Å²) in [6.07, 6.45) is 2.00. The summed E-state index contributed by atoms with van der Waals surface area (Å²) in [6.45, 7) is 6.34. The van der Waals surface area contributed by atoms with Gasteiger partial charge < -0.3 is 0 Å². The number of halogens is 2. The van der Waals surface area contributed by atoms with Gasteiger partial charge in [0.1, 0.15) is 5.15 Å². The first-order valence-corrected chi connectivity index (χ1v) is 8.09. The van der Waals surface area contributed by atoms with Gasteiger partial charge in [-0.05, 0) is 48.9 Å². The van der Waals surface area contributed by atoms with Crippen LogP contribution in [0.25, 0.3) is 11.4 Å². The maximum absolute atomic E-state index is 6.21. The van der Waals surface area contributed by atoms with E-state index in [2.05, 4.69) is 59.4 Å². The van der Waals surface area contributed by atoms with Gasteiger partial charge in [0.25, 0.3) is 0 Å². The summed E-state index contributed by atoms with van der Waals surface area (Å²) in [5.41, 5.74) is 2.16. The molecule has 2 aromatic heterocycles. The van der Waals surface area contributed by atoms with Gasteiger partial charge in [-0.1, -0.05) is 24.9 Å². The first-order valence-electron chi connectivity index (χ1n) is 5.82. The molecule has 0 radical (unpaired) electrons. The topological polar surface area (TPSA) is 25.8 Å². The van der Waals surface area contributed by atoms with E-state index in [1.807, 2.05) is 0 Å². The van der Waals surface area contributed by atoms with Crippen LogP contribution in [0.4, 0.5) is 0 Å². The molecule has 0 amide bonds. The Labute approximate surface area is 130 Å². The Hall–Kier alpha value is -0.200. The molecule has 0 aliphatic carbocycles. The largest absolute Gasteiger partial charge is 0.232 e. The number of hydrogen-bond acceptors (Lipinski definition) is 3. The van der Waals surface area contributed by atoms with Crippen molar-refractivity contribution in [3.05, 3.63) is 30.2 Å². The van der Waals surface area contributed by atoms with Crippen LogP contribution >= 0.6 is 45.5 Å². The van der Waals surface area contributed by atoms with Gasteiger partial charge in [-0.15, -0.1) is 11.3 Å². The molecule has 0 N–H and O–H groups in total. The molecule has 96 valence electrons. The van der Waals surface area contributed by atoms with Gasteiger partial charge in [-0.2, -0.15) is 0 Å². The van der Waals surface area contributed by atoms with Gasteiger partial charge in [0.2, 0.25) is 0 Å². The summed E-state index contributed by atoms with van der Waals surface area (Å²) < 4.78 is 0.976. The molecule has 2 aromatic rings. The van der Waals surface area contributed by atoms with E-state index in [9.17, 15) is 0 Å². The van der Waals surface area contributed by atoms with E-state index >= 15 is 0 Å². The highest BCUT2D eigenvalue weighted by molar-refractivity contribution is 14.1. The quantitative estimate of drug-likeness (QED) is 0.540. The molecule has 0 aliphatic heterocycles. The number of aryl methyl sites for hydroxylation is 3. The molecular formula is C13H14ClIN2S. The highest BCUT2D eigenvalue weighted by atomic mass is 127.